The van der Waals surface area contributed by atoms with Crippen molar-refractivity contribution < 1.29 is 18.3 Å². The molecular weight excluding hydrogens is 231 g/mol. The minimum absolute atomic E-state index is 0.134. The first-order valence-electron chi connectivity index (χ1n) is 5.63. The molecule has 0 aliphatic heterocycles. The fourth-order valence-corrected chi connectivity index (χ4v) is 2.34. The zero-order valence-electron chi connectivity index (χ0n) is 9.24. The van der Waals surface area contributed by atoms with E-state index in [1.807, 2.05) is 0 Å². The summed E-state index contributed by atoms with van der Waals surface area (Å²) in [6, 6.07) is 1.38. The summed E-state index contributed by atoms with van der Waals surface area (Å²) in [5.74, 6) is -3.46. The number of halogens is 3. The quantitative estimate of drug-likeness (QED) is 0.887. The van der Waals surface area contributed by atoms with Gasteiger partial charge in [-0.25, -0.2) is 13.2 Å². The summed E-state index contributed by atoms with van der Waals surface area (Å²) in [6.45, 7) is 0. The summed E-state index contributed by atoms with van der Waals surface area (Å²) in [6.07, 6.45) is 1.58. The number of pyridine rings is 1. The highest BCUT2D eigenvalue weighted by atomic mass is 19.3. The molecule has 5 heteroatoms. The van der Waals surface area contributed by atoms with Crippen LogP contribution in [0.2, 0.25) is 0 Å². The SMILES string of the molecule is OC(CC1CCC(F)(F)C1)c1ccncc1F. The Morgan fingerprint density at radius 3 is 2.88 bits per heavy atom. The Bertz CT molecular complexity index is 397. The van der Waals surface area contributed by atoms with E-state index in [4.69, 9.17) is 0 Å². The van der Waals surface area contributed by atoms with E-state index in [-0.39, 0.29) is 30.7 Å². The number of hydrogen-bond acceptors (Lipinski definition) is 2. The Morgan fingerprint density at radius 1 is 1.53 bits per heavy atom. The predicted molar refractivity (Wildman–Crippen MR) is 56.1 cm³/mol. The van der Waals surface area contributed by atoms with Gasteiger partial charge in [-0.05, 0) is 24.8 Å². The molecule has 0 radical (unpaired) electrons. The van der Waals surface area contributed by atoms with Gasteiger partial charge in [-0.3, -0.25) is 4.98 Å². The fraction of sp³-hybridized carbons (Fsp3) is 0.583. The van der Waals surface area contributed by atoms with Crippen LogP contribution in [0.25, 0.3) is 0 Å². The lowest BCUT2D eigenvalue weighted by molar-refractivity contribution is 0.00248. The third-order valence-electron chi connectivity index (χ3n) is 3.23. The second-order valence-corrected chi connectivity index (χ2v) is 4.61. The fourth-order valence-electron chi connectivity index (χ4n) is 2.34. The second kappa shape index (κ2) is 4.64. The van der Waals surface area contributed by atoms with Gasteiger partial charge in [-0.1, -0.05) is 0 Å². The maximum atomic E-state index is 13.3. The molecule has 1 aromatic heterocycles. The third kappa shape index (κ3) is 2.97. The summed E-state index contributed by atoms with van der Waals surface area (Å²) in [5.41, 5.74) is 0.134. The van der Waals surface area contributed by atoms with Crippen LogP contribution >= 0.6 is 0 Å². The van der Waals surface area contributed by atoms with Crippen molar-refractivity contribution in [1.29, 1.82) is 0 Å². The second-order valence-electron chi connectivity index (χ2n) is 4.61. The molecule has 1 heterocycles. The van der Waals surface area contributed by atoms with Crippen molar-refractivity contribution in [2.75, 3.05) is 0 Å². The smallest absolute Gasteiger partial charge is 0.248 e. The van der Waals surface area contributed by atoms with Crippen molar-refractivity contribution in [3.63, 3.8) is 0 Å². The van der Waals surface area contributed by atoms with Gasteiger partial charge in [0.1, 0.15) is 5.82 Å². The van der Waals surface area contributed by atoms with Gasteiger partial charge >= 0.3 is 0 Å². The van der Waals surface area contributed by atoms with Crippen molar-refractivity contribution in [3.8, 4) is 0 Å². The van der Waals surface area contributed by atoms with Crippen LogP contribution in [0.3, 0.4) is 0 Å². The first-order chi connectivity index (χ1) is 7.98. The van der Waals surface area contributed by atoms with Crippen LogP contribution < -0.4 is 0 Å². The topological polar surface area (TPSA) is 33.1 Å². The van der Waals surface area contributed by atoms with Crippen LogP contribution in [-0.2, 0) is 0 Å². The zero-order chi connectivity index (χ0) is 12.5. The van der Waals surface area contributed by atoms with Crippen LogP contribution in [0.5, 0.6) is 0 Å². The molecule has 0 spiro atoms. The summed E-state index contributed by atoms with van der Waals surface area (Å²) in [4.78, 5) is 3.58. The van der Waals surface area contributed by atoms with E-state index in [1.165, 1.54) is 12.3 Å². The number of aliphatic hydroxyl groups excluding tert-OH is 1. The molecule has 0 amide bonds. The monoisotopic (exact) mass is 245 g/mol. The van der Waals surface area contributed by atoms with Crippen LogP contribution in [0.15, 0.2) is 18.5 Å². The number of rotatable bonds is 3. The summed E-state index contributed by atoms with van der Waals surface area (Å²) in [5, 5.41) is 9.82. The van der Waals surface area contributed by atoms with E-state index < -0.39 is 17.8 Å². The van der Waals surface area contributed by atoms with Crippen molar-refractivity contribution in [3.05, 3.63) is 29.8 Å². The molecule has 0 saturated heterocycles. The molecule has 1 saturated carbocycles. The molecular formula is C12H14F3NO. The summed E-state index contributed by atoms with van der Waals surface area (Å²) in [7, 11) is 0. The molecule has 2 atom stereocenters. The largest absolute Gasteiger partial charge is 0.388 e. The van der Waals surface area contributed by atoms with E-state index in [2.05, 4.69) is 4.98 Å². The van der Waals surface area contributed by atoms with Gasteiger partial charge in [-0.2, -0.15) is 0 Å². The van der Waals surface area contributed by atoms with Crippen LogP contribution in [-0.4, -0.2) is 16.0 Å². The van der Waals surface area contributed by atoms with Crippen molar-refractivity contribution >= 4 is 0 Å². The molecule has 1 aliphatic carbocycles. The average Bonchev–Trinajstić information content (AvgIpc) is 2.58. The molecule has 2 nitrogen and oxygen atoms in total. The molecule has 1 aliphatic rings. The Kier molecular flexibility index (Phi) is 3.38. The minimum Gasteiger partial charge on any atom is -0.388 e. The van der Waals surface area contributed by atoms with Gasteiger partial charge in [0.25, 0.3) is 0 Å². The Hall–Kier alpha value is -1.10. The maximum Gasteiger partial charge on any atom is 0.248 e. The number of alkyl halides is 2. The van der Waals surface area contributed by atoms with Gasteiger partial charge in [-0.15, -0.1) is 0 Å². The van der Waals surface area contributed by atoms with Gasteiger partial charge < -0.3 is 5.11 Å². The molecule has 0 bridgehead atoms. The number of aromatic nitrogens is 1. The third-order valence-corrected chi connectivity index (χ3v) is 3.23. The molecule has 0 aromatic carbocycles. The van der Waals surface area contributed by atoms with Gasteiger partial charge in [0.15, 0.2) is 0 Å². The van der Waals surface area contributed by atoms with Crippen molar-refractivity contribution in [2.45, 2.75) is 37.7 Å². The number of nitrogens with zero attached hydrogens (tertiary/aromatic N) is 1. The van der Waals surface area contributed by atoms with Crippen molar-refractivity contribution in [2.24, 2.45) is 5.92 Å². The molecule has 2 rings (SSSR count). The van der Waals surface area contributed by atoms with Gasteiger partial charge in [0, 0.05) is 24.6 Å². The summed E-state index contributed by atoms with van der Waals surface area (Å²) >= 11 is 0. The molecule has 2 unspecified atom stereocenters. The lowest BCUT2D eigenvalue weighted by Gasteiger charge is -2.16. The van der Waals surface area contributed by atoms with E-state index in [0.717, 1.165) is 6.20 Å². The zero-order valence-corrected chi connectivity index (χ0v) is 9.24. The van der Waals surface area contributed by atoms with Crippen molar-refractivity contribution in [1.82, 2.24) is 4.98 Å². The maximum absolute atomic E-state index is 13.3. The van der Waals surface area contributed by atoms with Crippen LogP contribution in [0, 0.1) is 11.7 Å². The normalized spacial score (nSPS) is 24.8. The number of hydrogen-bond donors (Lipinski definition) is 1. The lowest BCUT2D eigenvalue weighted by Crippen LogP contribution is -2.11. The molecule has 94 valence electrons. The first kappa shape index (κ1) is 12.4. The highest BCUT2D eigenvalue weighted by Crippen LogP contribution is 2.42. The Balaban J connectivity index is 1.99. The van der Waals surface area contributed by atoms with Gasteiger partial charge in [0.05, 0.1) is 12.3 Å². The number of aliphatic hydroxyl groups is 1. The Labute approximate surface area is 97.5 Å². The van der Waals surface area contributed by atoms with E-state index >= 15 is 0 Å². The lowest BCUT2D eigenvalue weighted by atomic mass is 9.96. The van der Waals surface area contributed by atoms with Gasteiger partial charge in [0.2, 0.25) is 5.92 Å². The molecule has 1 fully saturated rings. The van der Waals surface area contributed by atoms with E-state index in [0.29, 0.717) is 6.42 Å². The molecule has 1 N–H and O–H groups in total. The van der Waals surface area contributed by atoms with E-state index in [1.54, 1.807) is 0 Å². The first-order valence-corrected chi connectivity index (χ1v) is 5.63. The highest BCUT2D eigenvalue weighted by molar-refractivity contribution is 5.15. The highest BCUT2D eigenvalue weighted by Gasteiger charge is 2.40. The van der Waals surface area contributed by atoms with Crippen LogP contribution in [0.1, 0.15) is 37.4 Å². The molecule has 1 aromatic rings. The summed E-state index contributed by atoms with van der Waals surface area (Å²) < 4.78 is 39.2. The minimum atomic E-state index is -2.62. The van der Waals surface area contributed by atoms with E-state index in [9.17, 15) is 18.3 Å². The Morgan fingerprint density at radius 2 is 2.29 bits per heavy atom. The predicted octanol–water partition coefficient (Wildman–Crippen LogP) is 3.08. The average molecular weight is 245 g/mol. The van der Waals surface area contributed by atoms with Crippen LogP contribution in [0.4, 0.5) is 13.2 Å². The molecule has 17 heavy (non-hydrogen) atoms. The standard InChI is InChI=1S/C12H14F3NO/c13-10-7-16-4-2-9(10)11(17)5-8-1-3-12(14,15)6-8/h2,4,7-8,11,17H,1,3,5-6H2.